The van der Waals surface area contributed by atoms with Crippen LogP contribution in [0.3, 0.4) is 0 Å². The molecule has 0 spiro atoms. The molecule has 2 fully saturated rings. The predicted molar refractivity (Wildman–Crippen MR) is 70.9 cm³/mol. The maximum absolute atomic E-state index is 11.5. The van der Waals surface area contributed by atoms with E-state index in [0.29, 0.717) is 11.8 Å². The SMILES string of the molecule is CN1CCC(CNc2cc(=O)[nH]c(C3CC3)n2)C1. The van der Waals surface area contributed by atoms with Gasteiger partial charge in [0.25, 0.3) is 5.56 Å². The molecule has 5 nitrogen and oxygen atoms in total. The van der Waals surface area contributed by atoms with E-state index in [1.165, 1.54) is 13.0 Å². The van der Waals surface area contributed by atoms with Crippen molar-refractivity contribution in [2.24, 2.45) is 5.92 Å². The Morgan fingerprint density at radius 2 is 2.33 bits per heavy atom. The van der Waals surface area contributed by atoms with Crippen LogP contribution in [-0.4, -0.2) is 41.5 Å². The van der Waals surface area contributed by atoms with Crippen LogP contribution in [0.2, 0.25) is 0 Å². The van der Waals surface area contributed by atoms with Gasteiger partial charge in [0.1, 0.15) is 11.6 Å². The average Bonchev–Trinajstić information content (AvgIpc) is 3.10. The van der Waals surface area contributed by atoms with Crippen molar-refractivity contribution < 1.29 is 0 Å². The van der Waals surface area contributed by atoms with E-state index in [4.69, 9.17) is 0 Å². The normalized spacial score (nSPS) is 24.4. The average molecular weight is 248 g/mol. The monoisotopic (exact) mass is 248 g/mol. The summed E-state index contributed by atoms with van der Waals surface area (Å²) < 4.78 is 0. The van der Waals surface area contributed by atoms with Gasteiger partial charge < -0.3 is 15.2 Å². The lowest BCUT2D eigenvalue weighted by Crippen LogP contribution is -2.21. The molecule has 1 aliphatic carbocycles. The first-order valence-electron chi connectivity index (χ1n) is 6.74. The van der Waals surface area contributed by atoms with E-state index in [2.05, 4.69) is 27.2 Å². The number of hydrogen-bond acceptors (Lipinski definition) is 4. The predicted octanol–water partition coefficient (Wildman–Crippen LogP) is 1.01. The molecule has 1 aliphatic heterocycles. The van der Waals surface area contributed by atoms with Crippen LogP contribution in [0, 0.1) is 5.92 Å². The zero-order valence-electron chi connectivity index (χ0n) is 10.8. The zero-order chi connectivity index (χ0) is 12.5. The van der Waals surface area contributed by atoms with Crippen molar-refractivity contribution in [3.63, 3.8) is 0 Å². The third kappa shape index (κ3) is 2.72. The van der Waals surface area contributed by atoms with E-state index in [0.717, 1.165) is 37.6 Å². The van der Waals surface area contributed by atoms with Gasteiger partial charge in [0.2, 0.25) is 0 Å². The van der Waals surface area contributed by atoms with E-state index in [1.807, 2.05) is 0 Å². The van der Waals surface area contributed by atoms with Crippen molar-refractivity contribution >= 4 is 5.82 Å². The number of nitrogens with one attached hydrogen (secondary N) is 2. The largest absolute Gasteiger partial charge is 0.370 e. The molecule has 1 aromatic heterocycles. The molecule has 0 amide bonds. The molecule has 0 aromatic carbocycles. The van der Waals surface area contributed by atoms with Crippen molar-refractivity contribution in [1.29, 1.82) is 0 Å². The van der Waals surface area contributed by atoms with Gasteiger partial charge >= 0.3 is 0 Å². The third-order valence-electron chi connectivity index (χ3n) is 3.78. The Morgan fingerprint density at radius 3 is 3.00 bits per heavy atom. The van der Waals surface area contributed by atoms with Crippen molar-refractivity contribution in [2.45, 2.75) is 25.2 Å². The molecule has 1 atom stereocenters. The highest BCUT2D eigenvalue weighted by Crippen LogP contribution is 2.37. The Hall–Kier alpha value is -1.36. The molecule has 0 radical (unpaired) electrons. The lowest BCUT2D eigenvalue weighted by Gasteiger charge is -2.12. The second-order valence-electron chi connectivity index (χ2n) is 5.59. The maximum Gasteiger partial charge on any atom is 0.252 e. The van der Waals surface area contributed by atoms with Crippen molar-refractivity contribution in [1.82, 2.24) is 14.9 Å². The van der Waals surface area contributed by atoms with Gasteiger partial charge in [0, 0.05) is 25.1 Å². The summed E-state index contributed by atoms with van der Waals surface area (Å²) in [6, 6.07) is 1.56. The highest BCUT2D eigenvalue weighted by atomic mass is 16.1. The molecule has 1 saturated carbocycles. The van der Waals surface area contributed by atoms with Gasteiger partial charge in [-0.15, -0.1) is 0 Å². The Balaban J connectivity index is 1.63. The van der Waals surface area contributed by atoms with Gasteiger partial charge in [0.05, 0.1) is 0 Å². The van der Waals surface area contributed by atoms with E-state index in [1.54, 1.807) is 6.07 Å². The maximum atomic E-state index is 11.5. The number of H-pyrrole nitrogens is 1. The van der Waals surface area contributed by atoms with Crippen LogP contribution in [0.4, 0.5) is 5.82 Å². The highest BCUT2D eigenvalue weighted by Gasteiger charge is 2.26. The molecule has 1 aromatic rings. The Morgan fingerprint density at radius 1 is 1.50 bits per heavy atom. The molecule has 1 saturated heterocycles. The van der Waals surface area contributed by atoms with Crippen molar-refractivity contribution in [3.8, 4) is 0 Å². The third-order valence-corrected chi connectivity index (χ3v) is 3.78. The molecule has 5 heteroatoms. The Labute approximate surface area is 107 Å². The summed E-state index contributed by atoms with van der Waals surface area (Å²) in [4.78, 5) is 21.2. The first-order chi connectivity index (χ1) is 8.70. The second kappa shape index (κ2) is 4.72. The first-order valence-corrected chi connectivity index (χ1v) is 6.74. The summed E-state index contributed by atoms with van der Waals surface area (Å²) in [5.74, 6) is 2.74. The molecular formula is C13H20N4O. The number of likely N-dealkylation sites (tertiary alicyclic amines) is 1. The number of anilines is 1. The highest BCUT2D eigenvalue weighted by molar-refractivity contribution is 5.34. The molecule has 2 aliphatic rings. The summed E-state index contributed by atoms with van der Waals surface area (Å²) in [5.41, 5.74) is -0.0436. The van der Waals surface area contributed by atoms with E-state index in [-0.39, 0.29) is 5.56 Å². The smallest absolute Gasteiger partial charge is 0.252 e. The van der Waals surface area contributed by atoms with Gasteiger partial charge in [-0.2, -0.15) is 0 Å². The molecule has 1 unspecified atom stereocenters. The van der Waals surface area contributed by atoms with Gasteiger partial charge in [-0.05, 0) is 38.8 Å². The van der Waals surface area contributed by atoms with Gasteiger partial charge in [-0.25, -0.2) is 4.98 Å². The van der Waals surface area contributed by atoms with Crippen LogP contribution < -0.4 is 10.9 Å². The summed E-state index contributed by atoms with van der Waals surface area (Å²) in [6.07, 6.45) is 3.53. The number of rotatable bonds is 4. The molecular weight excluding hydrogens is 228 g/mol. The number of aromatic nitrogens is 2. The molecule has 3 rings (SSSR count). The molecule has 2 heterocycles. The molecule has 0 bridgehead atoms. The lowest BCUT2D eigenvalue weighted by molar-refractivity contribution is 0.399. The van der Waals surface area contributed by atoms with Crippen LogP contribution in [0.25, 0.3) is 0 Å². The Bertz CT molecular complexity index is 480. The van der Waals surface area contributed by atoms with E-state index < -0.39 is 0 Å². The first kappa shape index (κ1) is 11.7. The fraction of sp³-hybridized carbons (Fsp3) is 0.692. The number of hydrogen-bond donors (Lipinski definition) is 2. The topological polar surface area (TPSA) is 61.0 Å². The zero-order valence-corrected chi connectivity index (χ0v) is 10.8. The van der Waals surface area contributed by atoms with Crippen molar-refractivity contribution in [2.75, 3.05) is 32.0 Å². The fourth-order valence-corrected chi connectivity index (χ4v) is 2.56. The fourth-order valence-electron chi connectivity index (χ4n) is 2.56. The van der Waals surface area contributed by atoms with Crippen LogP contribution in [0.1, 0.15) is 31.0 Å². The van der Waals surface area contributed by atoms with Crippen LogP contribution >= 0.6 is 0 Å². The van der Waals surface area contributed by atoms with Gasteiger partial charge in [0.15, 0.2) is 0 Å². The summed E-state index contributed by atoms with van der Waals surface area (Å²) in [6.45, 7) is 3.21. The summed E-state index contributed by atoms with van der Waals surface area (Å²) >= 11 is 0. The number of nitrogens with zero attached hydrogens (tertiary/aromatic N) is 2. The second-order valence-corrected chi connectivity index (χ2v) is 5.59. The van der Waals surface area contributed by atoms with Crippen molar-refractivity contribution in [3.05, 3.63) is 22.2 Å². The van der Waals surface area contributed by atoms with E-state index in [9.17, 15) is 4.79 Å². The van der Waals surface area contributed by atoms with Crippen LogP contribution in [0.15, 0.2) is 10.9 Å². The summed E-state index contributed by atoms with van der Waals surface area (Å²) in [5, 5.41) is 3.31. The molecule has 98 valence electrons. The standard InChI is InChI=1S/C13H20N4O/c1-17-5-4-9(8-17)7-14-11-6-12(18)16-13(15-11)10-2-3-10/h6,9-10H,2-5,7-8H2,1H3,(H2,14,15,16,18). The quantitative estimate of drug-likeness (QED) is 0.835. The number of aromatic amines is 1. The minimum Gasteiger partial charge on any atom is -0.370 e. The lowest BCUT2D eigenvalue weighted by atomic mass is 10.1. The van der Waals surface area contributed by atoms with Crippen LogP contribution in [-0.2, 0) is 0 Å². The minimum atomic E-state index is -0.0436. The molecule has 2 N–H and O–H groups in total. The van der Waals surface area contributed by atoms with Gasteiger partial charge in [-0.1, -0.05) is 0 Å². The van der Waals surface area contributed by atoms with Crippen LogP contribution in [0.5, 0.6) is 0 Å². The molecule has 18 heavy (non-hydrogen) atoms. The van der Waals surface area contributed by atoms with E-state index >= 15 is 0 Å². The van der Waals surface area contributed by atoms with Gasteiger partial charge in [-0.3, -0.25) is 4.79 Å². The minimum absolute atomic E-state index is 0.0436. The summed E-state index contributed by atoms with van der Waals surface area (Å²) in [7, 11) is 2.15. The Kier molecular flexibility index (Phi) is 3.07.